The first-order chi connectivity index (χ1) is 10.6. The Bertz CT molecular complexity index is 666. The Morgan fingerprint density at radius 3 is 2.23 bits per heavy atom. The van der Waals surface area contributed by atoms with Crippen LogP contribution in [0, 0.1) is 5.82 Å². The van der Waals surface area contributed by atoms with Gasteiger partial charge in [-0.05, 0) is 35.2 Å². The SMILES string of the molecule is CCc1ccc([C@@H]2[C@@H](N)C(=O)N2Cc2ccc(F)cc2)cc1. The topological polar surface area (TPSA) is 46.3 Å². The lowest BCUT2D eigenvalue weighted by molar-refractivity contribution is -0.150. The van der Waals surface area contributed by atoms with E-state index in [-0.39, 0.29) is 17.8 Å². The van der Waals surface area contributed by atoms with E-state index in [1.54, 1.807) is 17.0 Å². The molecule has 2 aromatic carbocycles. The minimum atomic E-state index is -0.493. The zero-order valence-electron chi connectivity index (χ0n) is 12.5. The summed E-state index contributed by atoms with van der Waals surface area (Å²) in [5.74, 6) is -0.337. The van der Waals surface area contributed by atoms with E-state index < -0.39 is 6.04 Å². The lowest BCUT2D eigenvalue weighted by Gasteiger charge is -2.45. The van der Waals surface area contributed by atoms with E-state index in [1.807, 2.05) is 12.1 Å². The Labute approximate surface area is 129 Å². The van der Waals surface area contributed by atoms with Gasteiger partial charge in [-0.2, -0.15) is 0 Å². The largest absolute Gasteiger partial charge is 0.328 e. The predicted octanol–water partition coefficient (Wildman–Crippen LogP) is 2.80. The molecule has 22 heavy (non-hydrogen) atoms. The predicted molar refractivity (Wildman–Crippen MR) is 83.5 cm³/mol. The Kier molecular flexibility index (Phi) is 3.94. The highest BCUT2D eigenvalue weighted by Gasteiger charge is 2.45. The number of amides is 1. The fraction of sp³-hybridized carbons (Fsp3) is 0.278. The van der Waals surface area contributed by atoms with Gasteiger partial charge in [0.1, 0.15) is 11.9 Å². The molecule has 114 valence electrons. The van der Waals surface area contributed by atoms with Crippen LogP contribution in [0.25, 0.3) is 0 Å². The van der Waals surface area contributed by atoms with Crippen LogP contribution in [0.15, 0.2) is 48.5 Å². The number of β-lactam (4-membered cyclic amide) rings is 1. The van der Waals surface area contributed by atoms with Gasteiger partial charge in [-0.25, -0.2) is 4.39 Å². The van der Waals surface area contributed by atoms with Crippen LogP contribution in [0.1, 0.15) is 29.7 Å². The van der Waals surface area contributed by atoms with Crippen LogP contribution < -0.4 is 5.73 Å². The van der Waals surface area contributed by atoms with Crippen LogP contribution in [-0.4, -0.2) is 16.8 Å². The van der Waals surface area contributed by atoms with Gasteiger partial charge in [0.25, 0.3) is 0 Å². The summed E-state index contributed by atoms with van der Waals surface area (Å²) in [5.41, 5.74) is 9.19. The minimum absolute atomic E-state index is 0.0612. The molecule has 0 aromatic heterocycles. The summed E-state index contributed by atoms with van der Waals surface area (Å²) in [5, 5.41) is 0. The number of hydrogen-bond donors (Lipinski definition) is 1. The van der Waals surface area contributed by atoms with Crippen molar-refractivity contribution in [3.63, 3.8) is 0 Å². The lowest BCUT2D eigenvalue weighted by atomic mass is 9.88. The first-order valence-electron chi connectivity index (χ1n) is 7.49. The molecule has 0 saturated carbocycles. The van der Waals surface area contributed by atoms with Gasteiger partial charge >= 0.3 is 0 Å². The van der Waals surface area contributed by atoms with Crippen LogP contribution in [0.3, 0.4) is 0 Å². The molecule has 4 heteroatoms. The lowest BCUT2D eigenvalue weighted by Crippen LogP contribution is -2.62. The average Bonchev–Trinajstić information content (AvgIpc) is 2.56. The van der Waals surface area contributed by atoms with Crippen LogP contribution in [-0.2, 0) is 17.8 Å². The molecule has 1 fully saturated rings. The van der Waals surface area contributed by atoms with Crippen molar-refractivity contribution in [1.82, 2.24) is 4.90 Å². The zero-order valence-corrected chi connectivity index (χ0v) is 12.5. The summed E-state index contributed by atoms with van der Waals surface area (Å²) in [6.07, 6.45) is 0.981. The molecule has 0 aliphatic carbocycles. The van der Waals surface area contributed by atoms with Crippen molar-refractivity contribution in [3.8, 4) is 0 Å². The van der Waals surface area contributed by atoms with Crippen LogP contribution in [0.5, 0.6) is 0 Å². The highest BCUT2D eigenvalue weighted by molar-refractivity contribution is 5.89. The molecule has 0 spiro atoms. The monoisotopic (exact) mass is 298 g/mol. The molecule has 0 bridgehead atoms. The molecule has 2 atom stereocenters. The van der Waals surface area contributed by atoms with E-state index >= 15 is 0 Å². The molecule has 0 unspecified atom stereocenters. The number of hydrogen-bond acceptors (Lipinski definition) is 2. The first kappa shape index (κ1) is 14.7. The van der Waals surface area contributed by atoms with Crippen molar-refractivity contribution < 1.29 is 9.18 Å². The molecule has 2 aromatic rings. The van der Waals surface area contributed by atoms with Gasteiger partial charge in [0.2, 0.25) is 5.91 Å². The number of likely N-dealkylation sites (tertiary alicyclic amines) is 1. The Balaban J connectivity index is 1.79. The first-order valence-corrected chi connectivity index (χ1v) is 7.49. The number of carbonyl (C=O) groups is 1. The zero-order chi connectivity index (χ0) is 15.7. The molecule has 1 saturated heterocycles. The summed E-state index contributed by atoms with van der Waals surface area (Å²) in [6, 6.07) is 13.8. The second-order valence-corrected chi connectivity index (χ2v) is 5.66. The molecule has 3 rings (SSSR count). The maximum Gasteiger partial charge on any atom is 0.242 e. The number of nitrogens with zero attached hydrogens (tertiary/aromatic N) is 1. The number of nitrogens with two attached hydrogens (primary N) is 1. The van der Waals surface area contributed by atoms with E-state index in [0.717, 1.165) is 17.5 Å². The summed E-state index contributed by atoms with van der Waals surface area (Å²) < 4.78 is 13.0. The molecule has 1 aliphatic heterocycles. The van der Waals surface area contributed by atoms with Crippen LogP contribution in [0.4, 0.5) is 4.39 Å². The normalized spacial score (nSPS) is 20.9. The molecular formula is C18H19FN2O. The van der Waals surface area contributed by atoms with E-state index in [9.17, 15) is 9.18 Å². The number of aryl methyl sites for hydroxylation is 1. The molecule has 1 heterocycles. The number of rotatable bonds is 4. The van der Waals surface area contributed by atoms with Gasteiger partial charge in [0, 0.05) is 6.54 Å². The van der Waals surface area contributed by atoms with E-state index in [1.165, 1.54) is 17.7 Å². The van der Waals surface area contributed by atoms with Crippen molar-refractivity contribution in [3.05, 3.63) is 71.0 Å². The molecule has 1 amide bonds. The third-order valence-corrected chi connectivity index (χ3v) is 4.24. The van der Waals surface area contributed by atoms with Gasteiger partial charge in [0.15, 0.2) is 0 Å². The van der Waals surface area contributed by atoms with Gasteiger partial charge in [-0.1, -0.05) is 43.3 Å². The third-order valence-electron chi connectivity index (χ3n) is 4.24. The number of benzene rings is 2. The molecule has 1 aliphatic rings. The quantitative estimate of drug-likeness (QED) is 0.882. The molecular weight excluding hydrogens is 279 g/mol. The van der Waals surface area contributed by atoms with E-state index in [0.29, 0.717) is 6.54 Å². The van der Waals surface area contributed by atoms with E-state index in [2.05, 4.69) is 19.1 Å². The highest BCUT2D eigenvalue weighted by Crippen LogP contribution is 2.35. The van der Waals surface area contributed by atoms with Gasteiger partial charge in [-0.15, -0.1) is 0 Å². The van der Waals surface area contributed by atoms with Gasteiger partial charge in [-0.3, -0.25) is 4.79 Å². The second kappa shape index (κ2) is 5.89. The fourth-order valence-electron chi connectivity index (χ4n) is 2.88. The van der Waals surface area contributed by atoms with E-state index in [4.69, 9.17) is 5.73 Å². The maximum absolute atomic E-state index is 13.0. The second-order valence-electron chi connectivity index (χ2n) is 5.66. The van der Waals surface area contributed by atoms with Crippen LogP contribution in [0.2, 0.25) is 0 Å². The Morgan fingerprint density at radius 1 is 1.05 bits per heavy atom. The molecule has 0 radical (unpaired) electrons. The number of carbonyl (C=O) groups excluding carboxylic acids is 1. The average molecular weight is 298 g/mol. The van der Waals surface area contributed by atoms with Gasteiger partial charge in [0.05, 0.1) is 6.04 Å². The fourth-order valence-corrected chi connectivity index (χ4v) is 2.88. The number of halogens is 1. The molecule has 3 nitrogen and oxygen atoms in total. The van der Waals surface area contributed by atoms with Crippen molar-refractivity contribution in [1.29, 1.82) is 0 Å². The Morgan fingerprint density at radius 2 is 1.64 bits per heavy atom. The van der Waals surface area contributed by atoms with Gasteiger partial charge < -0.3 is 10.6 Å². The summed E-state index contributed by atoms with van der Waals surface area (Å²) >= 11 is 0. The summed E-state index contributed by atoms with van der Waals surface area (Å²) in [6.45, 7) is 2.56. The van der Waals surface area contributed by atoms with Crippen LogP contribution >= 0.6 is 0 Å². The maximum atomic E-state index is 13.0. The Hall–Kier alpha value is -2.20. The minimum Gasteiger partial charge on any atom is -0.328 e. The smallest absolute Gasteiger partial charge is 0.242 e. The van der Waals surface area contributed by atoms with Crippen molar-refractivity contribution in [2.24, 2.45) is 5.73 Å². The molecule has 2 N–H and O–H groups in total. The van der Waals surface area contributed by atoms with Crippen molar-refractivity contribution in [2.75, 3.05) is 0 Å². The van der Waals surface area contributed by atoms with Crippen molar-refractivity contribution >= 4 is 5.91 Å². The highest BCUT2D eigenvalue weighted by atomic mass is 19.1. The summed E-state index contributed by atoms with van der Waals surface area (Å²) in [7, 11) is 0. The van der Waals surface area contributed by atoms with Crippen molar-refractivity contribution in [2.45, 2.75) is 32.0 Å². The third kappa shape index (κ3) is 2.62. The summed E-state index contributed by atoms with van der Waals surface area (Å²) in [4.78, 5) is 13.8. The standard InChI is InChI=1S/C18H19FN2O/c1-2-12-3-7-14(8-4-12)17-16(20)18(22)21(17)11-13-5-9-15(19)10-6-13/h3-10,16-17H,2,11,20H2,1H3/t16-,17-/m1/s1.